The Morgan fingerprint density at radius 3 is 2.53 bits per heavy atom. The van der Waals surface area contributed by atoms with Crippen LogP contribution in [-0.4, -0.2) is 25.7 Å². The summed E-state index contributed by atoms with van der Waals surface area (Å²) < 4.78 is 5.22. The molecule has 17 heavy (non-hydrogen) atoms. The van der Waals surface area contributed by atoms with Gasteiger partial charge in [-0.1, -0.05) is 13.8 Å². The maximum Gasteiger partial charge on any atom is 0.240 e. The lowest BCUT2D eigenvalue weighted by Crippen LogP contribution is -2.44. The van der Waals surface area contributed by atoms with Crippen LogP contribution in [0.4, 0.5) is 0 Å². The highest BCUT2D eigenvalue weighted by atomic mass is 16.5. The van der Waals surface area contributed by atoms with E-state index in [1.54, 1.807) is 0 Å². The van der Waals surface area contributed by atoms with Crippen molar-refractivity contribution in [3.05, 3.63) is 0 Å². The fourth-order valence-corrected chi connectivity index (χ4v) is 2.42. The third-order valence-electron chi connectivity index (χ3n) is 4.22. The lowest BCUT2D eigenvalue weighted by Gasteiger charge is -2.29. The van der Waals surface area contributed by atoms with Gasteiger partial charge in [-0.25, -0.2) is 0 Å². The first-order valence-corrected chi connectivity index (χ1v) is 6.27. The van der Waals surface area contributed by atoms with Crippen LogP contribution < -0.4 is 5.32 Å². The van der Waals surface area contributed by atoms with Gasteiger partial charge in [-0.3, -0.25) is 4.79 Å². The van der Waals surface area contributed by atoms with Crippen LogP contribution >= 0.6 is 0 Å². The van der Waals surface area contributed by atoms with Gasteiger partial charge in [0, 0.05) is 19.8 Å². The number of ether oxygens (including phenoxy) is 1. The zero-order chi connectivity index (χ0) is 12.5. The van der Waals surface area contributed by atoms with Crippen LogP contribution in [0.15, 0.2) is 0 Å². The van der Waals surface area contributed by atoms with Gasteiger partial charge >= 0.3 is 0 Å². The van der Waals surface area contributed by atoms with Crippen LogP contribution in [0.2, 0.25) is 0 Å². The lowest BCUT2D eigenvalue weighted by atomic mass is 9.81. The summed E-state index contributed by atoms with van der Waals surface area (Å²) in [4.78, 5) is 12.1. The summed E-state index contributed by atoms with van der Waals surface area (Å²) in [6.07, 6.45) is 2.20. The quantitative estimate of drug-likeness (QED) is 0.807. The molecule has 1 N–H and O–H groups in total. The Balaban J connectivity index is 1.88. The molecule has 0 aromatic rings. The fraction of sp³-hybridized carbons (Fsp3) is 0.846. The molecule has 1 aliphatic carbocycles. The number of carbonyl (C=O) groups is 1. The standard InChI is InChI=1S/C13H20N2O2/c1-12(2)7-10(12)8-15-11(16)13(9-14)3-5-17-6-4-13/h10H,3-8H2,1-2H3,(H,15,16). The van der Waals surface area contributed by atoms with Crippen LogP contribution in [0.1, 0.15) is 33.1 Å². The van der Waals surface area contributed by atoms with Crippen LogP contribution in [-0.2, 0) is 9.53 Å². The van der Waals surface area contributed by atoms with E-state index in [1.807, 2.05) is 0 Å². The summed E-state index contributed by atoms with van der Waals surface area (Å²) in [5.74, 6) is 0.466. The molecule has 1 unspecified atom stereocenters. The van der Waals surface area contributed by atoms with Crippen molar-refractivity contribution in [2.45, 2.75) is 33.1 Å². The average Bonchev–Trinajstić information content (AvgIpc) is 2.95. The van der Waals surface area contributed by atoms with E-state index in [2.05, 4.69) is 25.2 Å². The maximum absolute atomic E-state index is 12.1. The predicted molar refractivity (Wildman–Crippen MR) is 63.0 cm³/mol. The first kappa shape index (κ1) is 12.4. The molecule has 0 aromatic heterocycles. The Morgan fingerprint density at radius 2 is 2.06 bits per heavy atom. The zero-order valence-electron chi connectivity index (χ0n) is 10.6. The highest BCUT2D eigenvalue weighted by Gasteiger charge is 2.47. The smallest absolute Gasteiger partial charge is 0.240 e. The van der Waals surface area contributed by atoms with Gasteiger partial charge < -0.3 is 10.1 Å². The molecule has 1 aliphatic heterocycles. The Kier molecular flexibility index (Phi) is 3.13. The van der Waals surface area contributed by atoms with E-state index in [9.17, 15) is 10.1 Å². The molecule has 2 aliphatic rings. The Labute approximate surface area is 102 Å². The Hall–Kier alpha value is -1.08. The third-order valence-corrected chi connectivity index (χ3v) is 4.22. The average molecular weight is 236 g/mol. The summed E-state index contributed by atoms with van der Waals surface area (Å²) in [6.45, 7) is 6.14. The second-order valence-electron chi connectivity index (χ2n) is 5.91. The second-order valence-corrected chi connectivity index (χ2v) is 5.91. The van der Waals surface area contributed by atoms with E-state index < -0.39 is 5.41 Å². The van der Waals surface area contributed by atoms with Gasteiger partial charge in [-0.15, -0.1) is 0 Å². The largest absolute Gasteiger partial charge is 0.381 e. The number of amides is 1. The molecule has 0 aromatic carbocycles. The number of hydrogen-bond acceptors (Lipinski definition) is 3. The number of carbonyl (C=O) groups excluding carboxylic acids is 1. The minimum absolute atomic E-state index is 0.106. The van der Waals surface area contributed by atoms with E-state index in [1.165, 1.54) is 0 Å². The van der Waals surface area contributed by atoms with E-state index in [0.29, 0.717) is 43.9 Å². The molecule has 1 heterocycles. The van der Waals surface area contributed by atoms with Crippen molar-refractivity contribution in [1.29, 1.82) is 5.26 Å². The van der Waals surface area contributed by atoms with Crippen molar-refractivity contribution in [3.63, 3.8) is 0 Å². The van der Waals surface area contributed by atoms with Gasteiger partial charge in [0.2, 0.25) is 5.91 Å². The summed E-state index contributed by atoms with van der Waals surface area (Å²) >= 11 is 0. The topological polar surface area (TPSA) is 62.1 Å². The minimum Gasteiger partial charge on any atom is -0.381 e. The van der Waals surface area contributed by atoms with E-state index >= 15 is 0 Å². The number of nitriles is 1. The normalized spacial score (nSPS) is 29.1. The van der Waals surface area contributed by atoms with E-state index in [-0.39, 0.29) is 5.91 Å². The van der Waals surface area contributed by atoms with Crippen molar-refractivity contribution in [2.75, 3.05) is 19.8 Å². The maximum atomic E-state index is 12.1. The highest BCUT2D eigenvalue weighted by Crippen LogP contribution is 2.51. The van der Waals surface area contributed by atoms with Crippen molar-refractivity contribution in [2.24, 2.45) is 16.7 Å². The van der Waals surface area contributed by atoms with Crippen LogP contribution in [0, 0.1) is 28.1 Å². The highest BCUT2D eigenvalue weighted by molar-refractivity contribution is 5.85. The van der Waals surface area contributed by atoms with Gasteiger partial charge in [-0.05, 0) is 30.6 Å². The van der Waals surface area contributed by atoms with Crippen molar-refractivity contribution < 1.29 is 9.53 Å². The van der Waals surface area contributed by atoms with Crippen LogP contribution in [0.25, 0.3) is 0 Å². The van der Waals surface area contributed by atoms with Crippen molar-refractivity contribution in [1.82, 2.24) is 5.32 Å². The minimum atomic E-state index is -0.850. The first-order chi connectivity index (χ1) is 8.00. The lowest BCUT2D eigenvalue weighted by molar-refractivity contribution is -0.132. The molecule has 0 bridgehead atoms. The Bertz CT molecular complexity index is 351. The summed E-state index contributed by atoms with van der Waals surface area (Å²) in [6, 6.07) is 2.19. The third kappa shape index (κ3) is 2.44. The molecule has 94 valence electrons. The molecule has 1 saturated heterocycles. The van der Waals surface area contributed by atoms with Gasteiger partial charge in [0.1, 0.15) is 5.41 Å². The first-order valence-electron chi connectivity index (χ1n) is 6.27. The van der Waals surface area contributed by atoms with Gasteiger partial charge in [0.05, 0.1) is 6.07 Å². The van der Waals surface area contributed by atoms with Crippen molar-refractivity contribution >= 4 is 5.91 Å². The number of rotatable bonds is 3. The summed E-state index contributed by atoms with van der Waals surface area (Å²) in [5.41, 5.74) is -0.486. The van der Waals surface area contributed by atoms with Gasteiger partial charge in [0.15, 0.2) is 0 Å². The molecule has 4 heteroatoms. The molecular weight excluding hydrogens is 216 g/mol. The van der Waals surface area contributed by atoms with Crippen LogP contribution in [0.3, 0.4) is 0 Å². The zero-order valence-corrected chi connectivity index (χ0v) is 10.6. The molecule has 1 atom stereocenters. The van der Waals surface area contributed by atoms with E-state index in [4.69, 9.17) is 4.74 Å². The molecule has 0 spiro atoms. The molecular formula is C13H20N2O2. The molecule has 1 saturated carbocycles. The van der Waals surface area contributed by atoms with Crippen molar-refractivity contribution in [3.8, 4) is 6.07 Å². The molecule has 4 nitrogen and oxygen atoms in total. The molecule has 2 fully saturated rings. The molecule has 0 radical (unpaired) electrons. The summed E-state index contributed by atoms with van der Waals surface area (Å²) in [7, 11) is 0. The molecule has 2 rings (SSSR count). The van der Waals surface area contributed by atoms with Gasteiger partial charge in [0.25, 0.3) is 0 Å². The number of nitrogens with one attached hydrogen (secondary N) is 1. The monoisotopic (exact) mass is 236 g/mol. The van der Waals surface area contributed by atoms with Gasteiger partial charge in [-0.2, -0.15) is 5.26 Å². The van der Waals surface area contributed by atoms with Crippen LogP contribution in [0.5, 0.6) is 0 Å². The van der Waals surface area contributed by atoms with E-state index in [0.717, 1.165) is 6.42 Å². The fourth-order valence-electron chi connectivity index (χ4n) is 2.42. The summed E-state index contributed by atoms with van der Waals surface area (Å²) in [5, 5.41) is 12.2. The number of hydrogen-bond donors (Lipinski definition) is 1. The molecule has 1 amide bonds. The Morgan fingerprint density at radius 1 is 1.47 bits per heavy atom. The SMILES string of the molecule is CC1(C)CC1CNC(=O)C1(C#N)CCOCC1. The predicted octanol–water partition coefficient (Wildman–Crippen LogP) is 1.47. The second kappa shape index (κ2) is 4.30. The number of nitrogens with zero attached hydrogens (tertiary/aromatic N) is 1.